The Labute approximate surface area is 112 Å². The van der Waals surface area contributed by atoms with E-state index < -0.39 is 18.7 Å². The van der Waals surface area contributed by atoms with Crippen LogP contribution in [0.25, 0.3) is 0 Å². The molecule has 0 saturated heterocycles. The summed E-state index contributed by atoms with van der Waals surface area (Å²) < 4.78 is 66.3. The molecule has 20 heavy (non-hydrogen) atoms. The van der Waals surface area contributed by atoms with E-state index in [2.05, 4.69) is 20.0 Å². The molecule has 0 aromatic carbocycles. The zero-order valence-electron chi connectivity index (χ0n) is 11.1. The van der Waals surface area contributed by atoms with E-state index in [1.807, 2.05) is 0 Å². The van der Waals surface area contributed by atoms with Gasteiger partial charge in [0, 0.05) is 13.5 Å². The van der Waals surface area contributed by atoms with Crippen LogP contribution in [-0.2, 0) is 6.42 Å². The highest BCUT2D eigenvalue weighted by Crippen LogP contribution is 2.36. The van der Waals surface area contributed by atoms with Gasteiger partial charge in [-0.2, -0.15) is 26.9 Å². The van der Waals surface area contributed by atoms with E-state index >= 15 is 0 Å². The van der Waals surface area contributed by atoms with E-state index in [1.54, 1.807) is 14.0 Å². The van der Waals surface area contributed by atoms with Gasteiger partial charge < -0.3 is 10.1 Å². The maximum absolute atomic E-state index is 12.8. The Morgan fingerprint density at radius 1 is 1.15 bits per heavy atom. The van der Waals surface area contributed by atoms with Crippen molar-refractivity contribution in [3.63, 3.8) is 0 Å². The van der Waals surface area contributed by atoms with E-state index in [0.29, 0.717) is 12.2 Å². The number of anilines is 1. The molecule has 4 nitrogen and oxygen atoms in total. The van der Waals surface area contributed by atoms with Crippen LogP contribution in [0, 0.1) is 6.92 Å². The number of alkyl halides is 5. The second-order valence-corrected chi connectivity index (χ2v) is 4.01. The summed E-state index contributed by atoms with van der Waals surface area (Å²) in [4.78, 5) is 7.86. The number of rotatable bonds is 5. The monoisotopic (exact) mass is 299 g/mol. The second kappa shape index (κ2) is 5.76. The molecule has 1 heterocycles. The first-order chi connectivity index (χ1) is 9.12. The van der Waals surface area contributed by atoms with E-state index in [-0.39, 0.29) is 17.3 Å². The number of halogens is 5. The molecule has 0 aliphatic carbocycles. The van der Waals surface area contributed by atoms with Gasteiger partial charge in [-0.05, 0) is 6.92 Å². The number of nitrogens with zero attached hydrogens (tertiary/aromatic N) is 2. The molecule has 0 unspecified atom stereocenters. The van der Waals surface area contributed by atoms with Crippen LogP contribution in [0.1, 0.15) is 18.3 Å². The largest absolute Gasteiger partial charge is 0.471 e. The highest BCUT2D eigenvalue weighted by molar-refractivity contribution is 5.48. The van der Waals surface area contributed by atoms with Gasteiger partial charge in [-0.25, -0.2) is 4.98 Å². The lowest BCUT2D eigenvalue weighted by atomic mass is 10.3. The van der Waals surface area contributed by atoms with Crippen molar-refractivity contribution < 1.29 is 26.7 Å². The van der Waals surface area contributed by atoms with Gasteiger partial charge in [0.1, 0.15) is 11.6 Å². The molecular formula is C11H14F5N3O. The van der Waals surface area contributed by atoms with Crippen LogP contribution in [0.4, 0.5) is 27.8 Å². The zero-order chi connectivity index (χ0) is 15.6. The topological polar surface area (TPSA) is 47.0 Å². The first kappa shape index (κ1) is 16.4. The summed E-state index contributed by atoms with van der Waals surface area (Å²) in [5.74, 6) is -4.62. The summed E-state index contributed by atoms with van der Waals surface area (Å²) in [5, 5.41) is 2.70. The van der Waals surface area contributed by atoms with Gasteiger partial charge in [0.2, 0.25) is 5.88 Å². The lowest BCUT2D eigenvalue weighted by Crippen LogP contribution is -2.42. The van der Waals surface area contributed by atoms with Crippen LogP contribution in [0.2, 0.25) is 0 Å². The van der Waals surface area contributed by atoms with Crippen molar-refractivity contribution in [3.05, 3.63) is 11.4 Å². The fraction of sp³-hybridized carbons (Fsp3) is 0.636. The molecule has 114 valence electrons. The SMILES string of the molecule is CCc1nc(NC)c(C)c(OCC(F)(F)C(F)(F)F)n1. The number of nitrogens with one attached hydrogen (secondary N) is 1. The van der Waals surface area contributed by atoms with Crippen molar-refractivity contribution in [3.8, 4) is 5.88 Å². The maximum atomic E-state index is 12.8. The highest BCUT2D eigenvalue weighted by Gasteiger charge is 2.58. The summed E-state index contributed by atoms with van der Waals surface area (Å²) in [6.45, 7) is 1.37. The summed E-state index contributed by atoms with van der Waals surface area (Å²) in [6.07, 6.45) is -5.27. The molecule has 0 amide bonds. The minimum absolute atomic E-state index is 0.266. The third-order valence-corrected chi connectivity index (χ3v) is 2.51. The standard InChI is InChI=1S/C11H14F5N3O/c1-4-7-18-8(17-3)6(2)9(19-7)20-5-10(12,13)11(14,15)16/h4-5H2,1-3H3,(H,17,18,19). The Morgan fingerprint density at radius 2 is 1.75 bits per heavy atom. The van der Waals surface area contributed by atoms with E-state index in [4.69, 9.17) is 0 Å². The molecular weight excluding hydrogens is 285 g/mol. The first-order valence-corrected chi connectivity index (χ1v) is 5.75. The number of aryl methyl sites for hydroxylation is 1. The number of aromatic nitrogens is 2. The van der Waals surface area contributed by atoms with Gasteiger partial charge in [-0.3, -0.25) is 0 Å². The fourth-order valence-corrected chi connectivity index (χ4v) is 1.32. The van der Waals surface area contributed by atoms with Crippen molar-refractivity contribution in [2.45, 2.75) is 32.4 Å². The minimum Gasteiger partial charge on any atom is -0.471 e. The van der Waals surface area contributed by atoms with Gasteiger partial charge in [-0.15, -0.1) is 0 Å². The zero-order valence-corrected chi connectivity index (χ0v) is 11.1. The average molecular weight is 299 g/mol. The van der Waals surface area contributed by atoms with Crippen molar-refractivity contribution in [1.29, 1.82) is 0 Å². The van der Waals surface area contributed by atoms with Crippen LogP contribution in [0.5, 0.6) is 5.88 Å². The van der Waals surface area contributed by atoms with E-state index in [1.165, 1.54) is 6.92 Å². The second-order valence-electron chi connectivity index (χ2n) is 4.01. The molecule has 0 bridgehead atoms. The minimum atomic E-state index is -5.66. The van der Waals surface area contributed by atoms with Crippen LogP contribution in [0.15, 0.2) is 0 Å². The van der Waals surface area contributed by atoms with E-state index in [9.17, 15) is 22.0 Å². The number of ether oxygens (including phenoxy) is 1. The predicted octanol–water partition coefficient (Wildman–Crippen LogP) is 2.97. The smallest absolute Gasteiger partial charge is 0.456 e. The normalized spacial score (nSPS) is 12.4. The van der Waals surface area contributed by atoms with E-state index in [0.717, 1.165) is 0 Å². The Kier molecular flexibility index (Phi) is 4.72. The van der Waals surface area contributed by atoms with Crippen molar-refractivity contribution >= 4 is 5.82 Å². The quantitative estimate of drug-likeness (QED) is 0.849. The lowest BCUT2D eigenvalue weighted by Gasteiger charge is -2.20. The molecule has 9 heteroatoms. The molecule has 1 aromatic rings. The van der Waals surface area contributed by atoms with Gasteiger partial charge in [-0.1, -0.05) is 6.92 Å². The Morgan fingerprint density at radius 3 is 2.20 bits per heavy atom. The average Bonchev–Trinajstić information content (AvgIpc) is 2.36. The van der Waals surface area contributed by atoms with Gasteiger partial charge in [0.25, 0.3) is 0 Å². The van der Waals surface area contributed by atoms with Crippen molar-refractivity contribution in [2.75, 3.05) is 19.0 Å². The lowest BCUT2D eigenvalue weighted by molar-refractivity contribution is -0.290. The summed E-state index contributed by atoms with van der Waals surface area (Å²) >= 11 is 0. The van der Waals surface area contributed by atoms with Gasteiger partial charge >= 0.3 is 12.1 Å². The number of hydrogen-bond donors (Lipinski definition) is 1. The third-order valence-electron chi connectivity index (χ3n) is 2.51. The summed E-state index contributed by atoms with van der Waals surface area (Å²) in [7, 11) is 1.54. The van der Waals surface area contributed by atoms with Gasteiger partial charge in [0.05, 0.1) is 5.56 Å². The summed E-state index contributed by atoms with van der Waals surface area (Å²) in [6, 6.07) is 0. The van der Waals surface area contributed by atoms with Crippen LogP contribution in [0.3, 0.4) is 0 Å². The molecule has 0 aliphatic heterocycles. The Hall–Kier alpha value is -1.67. The van der Waals surface area contributed by atoms with Gasteiger partial charge in [0.15, 0.2) is 6.61 Å². The molecule has 1 N–H and O–H groups in total. The van der Waals surface area contributed by atoms with Crippen molar-refractivity contribution in [2.24, 2.45) is 0 Å². The molecule has 0 radical (unpaired) electrons. The fourth-order valence-electron chi connectivity index (χ4n) is 1.32. The summed E-state index contributed by atoms with van der Waals surface area (Å²) in [5.41, 5.74) is 0.266. The molecule has 0 atom stereocenters. The Balaban J connectivity index is 2.98. The van der Waals surface area contributed by atoms with Crippen LogP contribution >= 0.6 is 0 Å². The molecule has 0 fully saturated rings. The molecule has 0 saturated carbocycles. The third kappa shape index (κ3) is 3.45. The maximum Gasteiger partial charge on any atom is 0.456 e. The molecule has 1 aromatic heterocycles. The Bertz CT molecular complexity index is 476. The molecule has 1 rings (SSSR count). The van der Waals surface area contributed by atoms with Crippen LogP contribution in [-0.4, -0.2) is 35.7 Å². The highest BCUT2D eigenvalue weighted by atomic mass is 19.4. The first-order valence-electron chi connectivity index (χ1n) is 5.75. The van der Waals surface area contributed by atoms with Crippen LogP contribution < -0.4 is 10.1 Å². The molecule has 0 aliphatic rings. The number of hydrogen-bond acceptors (Lipinski definition) is 4. The predicted molar refractivity (Wildman–Crippen MR) is 62.2 cm³/mol. The van der Waals surface area contributed by atoms with Crippen molar-refractivity contribution in [1.82, 2.24) is 9.97 Å². The molecule has 0 spiro atoms.